The molecular formula is C13H16O3. The van der Waals surface area contributed by atoms with Crippen molar-refractivity contribution in [3.8, 4) is 5.75 Å². The van der Waals surface area contributed by atoms with Crippen molar-refractivity contribution in [2.45, 2.75) is 20.3 Å². The van der Waals surface area contributed by atoms with Gasteiger partial charge in [-0.05, 0) is 36.6 Å². The first-order valence-corrected chi connectivity index (χ1v) is 5.17. The molecule has 0 aliphatic carbocycles. The predicted octanol–water partition coefficient (Wildman–Crippen LogP) is 2.96. The Morgan fingerprint density at radius 2 is 2.12 bits per heavy atom. The Labute approximate surface area is 95.4 Å². The molecule has 16 heavy (non-hydrogen) atoms. The van der Waals surface area contributed by atoms with E-state index in [2.05, 4.69) is 0 Å². The van der Waals surface area contributed by atoms with E-state index < -0.39 is 5.97 Å². The number of hydrogen-bond acceptors (Lipinski definition) is 2. The van der Waals surface area contributed by atoms with Crippen LogP contribution in [0.15, 0.2) is 29.8 Å². The van der Waals surface area contributed by atoms with Gasteiger partial charge in [-0.3, -0.25) is 0 Å². The average molecular weight is 220 g/mol. The lowest BCUT2D eigenvalue weighted by Gasteiger charge is -2.09. The molecule has 86 valence electrons. The van der Waals surface area contributed by atoms with Crippen LogP contribution >= 0.6 is 0 Å². The van der Waals surface area contributed by atoms with Gasteiger partial charge in [0.2, 0.25) is 0 Å². The average Bonchev–Trinajstić information content (AvgIpc) is 2.30. The number of ether oxygens (including phenoxy) is 1. The first-order chi connectivity index (χ1) is 7.60. The summed E-state index contributed by atoms with van der Waals surface area (Å²) < 4.78 is 5.12. The number of carboxylic acid groups (broad SMARTS) is 1. The highest BCUT2D eigenvalue weighted by Crippen LogP contribution is 2.25. The summed E-state index contributed by atoms with van der Waals surface area (Å²) in [5.41, 5.74) is 2.13. The van der Waals surface area contributed by atoms with Crippen molar-refractivity contribution in [3.05, 3.63) is 35.4 Å². The first kappa shape index (κ1) is 12.3. The van der Waals surface area contributed by atoms with Crippen LogP contribution < -0.4 is 4.74 Å². The molecular weight excluding hydrogens is 204 g/mol. The Kier molecular flexibility index (Phi) is 4.11. The Balaban J connectivity index is 3.23. The van der Waals surface area contributed by atoms with Gasteiger partial charge in [-0.2, -0.15) is 0 Å². The van der Waals surface area contributed by atoms with E-state index in [1.165, 1.54) is 0 Å². The number of aliphatic carboxylic acids is 1. The van der Waals surface area contributed by atoms with Crippen molar-refractivity contribution in [2.75, 3.05) is 7.11 Å². The SMILES string of the molecule is CC/C(=C(/C)C(=O)O)c1cccc(OC)c1. The molecule has 0 fully saturated rings. The molecule has 1 aromatic carbocycles. The zero-order chi connectivity index (χ0) is 12.1. The highest BCUT2D eigenvalue weighted by Gasteiger charge is 2.10. The molecule has 0 saturated carbocycles. The first-order valence-electron chi connectivity index (χ1n) is 5.17. The number of methoxy groups -OCH3 is 1. The highest BCUT2D eigenvalue weighted by molar-refractivity contribution is 5.95. The van der Waals surface area contributed by atoms with E-state index in [0.717, 1.165) is 16.9 Å². The van der Waals surface area contributed by atoms with E-state index in [1.54, 1.807) is 14.0 Å². The van der Waals surface area contributed by atoms with Gasteiger partial charge in [-0.15, -0.1) is 0 Å². The summed E-state index contributed by atoms with van der Waals surface area (Å²) in [6.45, 7) is 3.57. The van der Waals surface area contributed by atoms with Crippen LogP contribution in [-0.4, -0.2) is 18.2 Å². The molecule has 0 atom stereocenters. The number of carboxylic acids is 1. The zero-order valence-corrected chi connectivity index (χ0v) is 9.78. The molecule has 0 aliphatic heterocycles. The molecule has 0 heterocycles. The third-order valence-corrected chi connectivity index (χ3v) is 2.55. The van der Waals surface area contributed by atoms with E-state index in [0.29, 0.717) is 12.0 Å². The summed E-state index contributed by atoms with van der Waals surface area (Å²) in [5.74, 6) is -0.138. The van der Waals surface area contributed by atoms with Crippen molar-refractivity contribution in [3.63, 3.8) is 0 Å². The second kappa shape index (κ2) is 5.35. The number of allylic oxidation sites excluding steroid dienone is 1. The van der Waals surface area contributed by atoms with Gasteiger partial charge in [-0.1, -0.05) is 19.1 Å². The van der Waals surface area contributed by atoms with Gasteiger partial charge in [0.1, 0.15) is 5.75 Å². The molecule has 1 N–H and O–H groups in total. The van der Waals surface area contributed by atoms with Crippen molar-refractivity contribution in [1.29, 1.82) is 0 Å². The second-order valence-corrected chi connectivity index (χ2v) is 3.49. The van der Waals surface area contributed by atoms with Gasteiger partial charge in [0, 0.05) is 5.57 Å². The minimum Gasteiger partial charge on any atom is -0.497 e. The maximum Gasteiger partial charge on any atom is 0.331 e. The number of benzene rings is 1. The van der Waals surface area contributed by atoms with Crippen LogP contribution in [0.1, 0.15) is 25.8 Å². The fraction of sp³-hybridized carbons (Fsp3) is 0.308. The minimum absolute atomic E-state index is 0.385. The molecule has 0 radical (unpaired) electrons. The lowest BCUT2D eigenvalue weighted by atomic mass is 9.98. The summed E-state index contributed by atoms with van der Waals surface area (Å²) in [7, 11) is 1.60. The van der Waals surface area contributed by atoms with Crippen LogP contribution in [0.4, 0.5) is 0 Å². The summed E-state index contributed by atoms with van der Waals surface area (Å²) in [5, 5.41) is 8.98. The molecule has 0 spiro atoms. The van der Waals surface area contributed by atoms with Crippen LogP contribution in [0, 0.1) is 0 Å². The number of hydrogen-bond donors (Lipinski definition) is 1. The molecule has 3 heteroatoms. The largest absolute Gasteiger partial charge is 0.497 e. The molecule has 0 saturated heterocycles. The summed E-state index contributed by atoms with van der Waals surface area (Å²) >= 11 is 0. The maximum atomic E-state index is 10.9. The third-order valence-electron chi connectivity index (χ3n) is 2.55. The normalized spacial score (nSPS) is 11.9. The van der Waals surface area contributed by atoms with E-state index in [1.807, 2.05) is 31.2 Å². The van der Waals surface area contributed by atoms with Crippen LogP contribution in [0.3, 0.4) is 0 Å². The van der Waals surface area contributed by atoms with Gasteiger partial charge in [0.15, 0.2) is 0 Å². The number of rotatable bonds is 4. The van der Waals surface area contributed by atoms with Crippen LogP contribution in [0.25, 0.3) is 5.57 Å². The molecule has 1 rings (SSSR count). The lowest BCUT2D eigenvalue weighted by molar-refractivity contribution is -0.132. The second-order valence-electron chi connectivity index (χ2n) is 3.49. The van der Waals surface area contributed by atoms with Gasteiger partial charge in [0.25, 0.3) is 0 Å². The van der Waals surface area contributed by atoms with Gasteiger partial charge in [0.05, 0.1) is 7.11 Å². The highest BCUT2D eigenvalue weighted by atomic mass is 16.5. The fourth-order valence-electron chi connectivity index (χ4n) is 1.63. The van der Waals surface area contributed by atoms with E-state index in [4.69, 9.17) is 9.84 Å². The molecule has 1 aromatic rings. The zero-order valence-electron chi connectivity index (χ0n) is 9.78. The monoisotopic (exact) mass is 220 g/mol. The molecule has 0 aliphatic rings. The number of carbonyl (C=O) groups is 1. The van der Waals surface area contributed by atoms with Crippen LogP contribution in [-0.2, 0) is 4.79 Å². The molecule has 0 aromatic heterocycles. The fourth-order valence-corrected chi connectivity index (χ4v) is 1.63. The van der Waals surface area contributed by atoms with Gasteiger partial charge >= 0.3 is 5.97 Å². The van der Waals surface area contributed by atoms with Crippen molar-refractivity contribution < 1.29 is 14.6 Å². The topological polar surface area (TPSA) is 46.5 Å². The Bertz CT molecular complexity index is 419. The molecule has 3 nitrogen and oxygen atoms in total. The van der Waals surface area contributed by atoms with Crippen LogP contribution in [0.2, 0.25) is 0 Å². The Hall–Kier alpha value is -1.77. The van der Waals surface area contributed by atoms with Crippen molar-refractivity contribution >= 4 is 11.5 Å². The molecule has 0 bridgehead atoms. The van der Waals surface area contributed by atoms with E-state index >= 15 is 0 Å². The van der Waals surface area contributed by atoms with Crippen molar-refractivity contribution in [1.82, 2.24) is 0 Å². The smallest absolute Gasteiger partial charge is 0.331 e. The van der Waals surface area contributed by atoms with E-state index in [9.17, 15) is 4.79 Å². The summed E-state index contributed by atoms with van der Waals surface area (Å²) in [6.07, 6.45) is 0.686. The van der Waals surface area contributed by atoms with Gasteiger partial charge < -0.3 is 9.84 Å². The Morgan fingerprint density at radius 3 is 2.62 bits per heavy atom. The molecule has 0 unspecified atom stereocenters. The van der Waals surface area contributed by atoms with E-state index in [-0.39, 0.29) is 0 Å². The van der Waals surface area contributed by atoms with Crippen LogP contribution in [0.5, 0.6) is 5.75 Å². The van der Waals surface area contributed by atoms with Gasteiger partial charge in [-0.25, -0.2) is 4.79 Å². The minimum atomic E-state index is -0.875. The molecule has 0 amide bonds. The Morgan fingerprint density at radius 1 is 1.44 bits per heavy atom. The van der Waals surface area contributed by atoms with Crippen molar-refractivity contribution in [2.24, 2.45) is 0 Å². The standard InChI is InChI=1S/C13H16O3/c1-4-12(9(2)13(14)15)10-6-5-7-11(8-10)16-3/h5-8H,4H2,1-3H3,(H,14,15)/b12-9+. The maximum absolute atomic E-state index is 10.9. The third kappa shape index (κ3) is 2.63. The summed E-state index contributed by atoms with van der Waals surface area (Å²) in [4.78, 5) is 10.9. The quantitative estimate of drug-likeness (QED) is 0.793. The predicted molar refractivity (Wildman–Crippen MR) is 63.5 cm³/mol. The lowest BCUT2D eigenvalue weighted by Crippen LogP contribution is -2.00. The summed E-state index contributed by atoms with van der Waals surface area (Å²) in [6, 6.07) is 7.45.